The second-order valence-corrected chi connectivity index (χ2v) is 5.07. The molecule has 1 saturated carbocycles. The third kappa shape index (κ3) is 2.11. The van der Waals surface area contributed by atoms with E-state index in [1.54, 1.807) is 0 Å². The standard InChI is InChI=1S/C11H19N3O/c1-9-2-4-11(5-3-9)6-7-15-10(11)8-13-14-12/h9-10H,2-8H2,1H3. The van der Waals surface area contributed by atoms with Gasteiger partial charge < -0.3 is 4.74 Å². The summed E-state index contributed by atoms with van der Waals surface area (Å²) in [4.78, 5) is 2.84. The lowest BCUT2D eigenvalue weighted by Gasteiger charge is -2.39. The summed E-state index contributed by atoms with van der Waals surface area (Å²) in [6.45, 7) is 3.69. The van der Waals surface area contributed by atoms with E-state index in [0.717, 1.165) is 18.9 Å². The van der Waals surface area contributed by atoms with Gasteiger partial charge in [-0.2, -0.15) is 0 Å². The van der Waals surface area contributed by atoms with E-state index >= 15 is 0 Å². The highest BCUT2D eigenvalue weighted by atomic mass is 16.5. The number of rotatable bonds is 2. The molecular formula is C11H19N3O. The fraction of sp³-hybridized carbons (Fsp3) is 1.00. The Hall–Kier alpha value is -0.730. The first-order valence-electron chi connectivity index (χ1n) is 5.89. The van der Waals surface area contributed by atoms with Crippen molar-refractivity contribution in [2.45, 2.75) is 45.1 Å². The van der Waals surface area contributed by atoms with Crippen LogP contribution in [0.5, 0.6) is 0 Å². The highest BCUT2D eigenvalue weighted by Gasteiger charge is 2.44. The Morgan fingerprint density at radius 2 is 2.13 bits per heavy atom. The van der Waals surface area contributed by atoms with Gasteiger partial charge in [0, 0.05) is 11.5 Å². The highest BCUT2D eigenvalue weighted by molar-refractivity contribution is 4.95. The van der Waals surface area contributed by atoms with E-state index in [0.29, 0.717) is 12.0 Å². The normalized spacial score (nSPS) is 40.3. The third-order valence-corrected chi connectivity index (χ3v) is 4.18. The Morgan fingerprint density at radius 3 is 2.80 bits per heavy atom. The molecule has 0 amide bonds. The van der Waals surface area contributed by atoms with Crippen LogP contribution < -0.4 is 0 Å². The van der Waals surface area contributed by atoms with Gasteiger partial charge in [-0.1, -0.05) is 24.9 Å². The molecule has 1 heterocycles. The fourth-order valence-corrected chi connectivity index (χ4v) is 3.01. The van der Waals surface area contributed by atoms with Gasteiger partial charge >= 0.3 is 0 Å². The van der Waals surface area contributed by atoms with E-state index in [1.165, 1.54) is 25.7 Å². The maximum Gasteiger partial charge on any atom is 0.0688 e. The van der Waals surface area contributed by atoms with E-state index in [1.807, 2.05) is 0 Å². The van der Waals surface area contributed by atoms with Crippen molar-refractivity contribution in [3.8, 4) is 0 Å². The number of hydrogen-bond acceptors (Lipinski definition) is 2. The van der Waals surface area contributed by atoms with E-state index < -0.39 is 0 Å². The Kier molecular flexibility index (Phi) is 3.17. The molecule has 0 N–H and O–H groups in total. The molecule has 4 heteroatoms. The van der Waals surface area contributed by atoms with Gasteiger partial charge in [-0.25, -0.2) is 0 Å². The second kappa shape index (κ2) is 4.42. The smallest absolute Gasteiger partial charge is 0.0688 e. The fourth-order valence-electron chi connectivity index (χ4n) is 3.01. The largest absolute Gasteiger partial charge is 0.377 e. The van der Waals surface area contributed by atoms with Crippen LogP contribution in [0.4, 0.5) is 0 Å². The molecule has 1 saturated heterocycles. The number of azide groups is 1. The maximum absolute atomic E-state index is 8.36. The Balaban J connectivity index is 2.02. The molecule has 0 aromatic rings. The van der Waals surface area contributed by atoms with Gasteiger partial charge in [0.05, 0.1) is 12.6 Å². The van der Waals surface area contributed by atoms with Gasteiger partial charge in [0.15, 0.2) is 0 Å². The van der Waals surface area contributed by atoms with Crippen molar-refractivity contribution in [3.05, 3.63) is 10.4 Å². The molecule has 0 aromatic heterocycles. The van der Waals surface area contributed by atoms with Crippen LogP contribution in [0.2, 0.25) is 0 Å². The summed E-state index contributed by atoms with van der Waals surface area (Å²) in [6, 6.07) is 0. The molecular weight excluding hydrogens is 190 g/mol. The van der Waals surface area contributed by atoms with Crippen molar-refractivity contribution in [2.24, 2.45) is 16.4 Å². The molecule has 4 nitrogen and oxygen atoms in total. The summed E-state index contributed by atoms with van der Waals surface area (Å²) in [5.74, 6) is 0.858. The quantitative estimate of drug-likeness (QED) is 0.391. The van der Waals surface area contributed by atoms with Gasteiger partial charge in [0.1, 0.15) is 0 Å². The number of ether oxygens (including phenoxy) is 1. The van der Waals surface area contributed by atoms with Crippen LogP contribution in [0.1, 0.15) is 39.0 Å². The van der Waals surface area contributed by atoms with Crippen molar-refractivity contribution >= 4 is 0 Å². The SMILES string of the molecule is CC1CCC2(CCOC2CN=[N+]=[N-])CC1. The zero-order valence-corrected chi connectivity index (χ0v) is 9.35. The number of nitrogens with zero attached hydrogens (tertiary/aromatic N) is 3. The minimum Gasteiger partial charge on any atom is -0.377 e. The zero-order valence-electron chi connectivity index (χ0n) is 9.35. The average Bonchev–Trinajstić information content (AvgIpc) is 2.63. The highest BCUT2D eigenvalue weighted by Crippen LogP contribution is 2.48. The van der Waals surface area contributed by atoms with Crippen molar-refractivity contribution in [2.75, 3.05) is 13.2 Å². The second-order valence-electron chi connectivity index (χ2n) is 5.07. The first kappa shape index (κ1) is 10.8. The molecule has 1 aliphatic heterocycles. The summed E-state index contributed by atoms with van der Waals surface area (Å²) in [5, 5.41) is 3.68. The van der Waals surface area contributed by atoms with Crippen LogP contribution in [0, 0.1) is 11.3 Å². The maximum atomic E-state index is 8.36. The first-order chi connectivity index (χ1) is 7.27. The predicted octanol–water partition coefficient (Wildman–Crippen LogP) is 3.28. The van der Waals surface area contributed by atoms with Crippen LogP contribution in [0.15, 0.2) is 5.11 Å². The van der Waals surface area contributed by atoms with Crippen LogP contribution in [-0.2, 0) is 4.74 Å². The van der Waals surface area contributed by atoms with Crippen molar-refractivity contribution < 1.29 is 4.74 Å². The van der Waals surface area contributed by atoms with Crippen LogP contribution in [0.3, 0.4) is 0 Å². The Bertz CT molecular complexity index is 265. The molecule has 1 spiro atoms. The monoisotopic (exact) mass is 209 g/mol. The topological polar surface area (TPSA) is 58.0 Å². The van der Waals surface area contributed by atoms with Crippen molar-refractivity contribution in [3.63, 3.8) is 0 Å². The first-order valence-corrected chi connectivity index (χ1v) is 5.89. The van der Waals surface area contributed by atoms with Crippen LogP contribution in [-0.4, -0.2) is 19.3 Å². The summed E-state index contributed by atoms with van der Waals surface area (Å²) < 4.78 is 5.72. The summed E-state index contributed by atoms with van der Waals surface area (Å²) in [5.41, 5.74) is 8.69. The summed E-state index contributed by atoms with van der Waals surface area (Å²) >= 11 is 0. The molecule has 2 aliphatic rings. The molecule has 0 aromatic carbocycles. The van der Waals surface area contributed by atoms with E-state index in [-0.39, 0.29) is 6.10 Å². The van der Waals surface area contributed by atoms with Gasteiger partial charge in [-0.3, -0.25) is 0 Å². The lowest BCUT2D eigenvalue weighted by molar-refractivity contribution is 0.0270. The molecule has 1 unspecified atom stereocenters. The van der Waals surface area contributed by atoms with E-state index in [9.17, 15) is 0 Å². The predicted molar refractivity (Wildman–Crippen MR) is 58.4 cm³/mol. The molecule has 2 fully saturated rings. The van der Waals surface area contributed by atoms with E-state index in [2.05, 4.69) is 16.9 Å². The Labute approximate surface area is 90.6 Å². The lowest BCUT2D eigenvalue weighted by Crippen LogP contribution is -2.36. The van der Waals surface area contributed by atoms with Gasteiger partial charge in [0.25, 0.3) is 0 Å². The van der Waals surface area contributed by atoms with Crippen molar-refractivity contribution in [1.29, 1.82) is 0 Å². The Morgan fingerprint density at radius 1 is 1.40 bits per heavy atom. The molecule has 84 valence electrons. The average molecular weight is 209 g/mol. The van der Waals surface area contributed by atoms with Gasteiger partial charge in [-0.05, 0) is 36.1 Å². The minimum absolute atomic E-state index is 0.181. The third-order valence-electron chi connectivity index (χ3n) is 4.18. The van der Waals surface area contributed by atoms with Gasteiger partial charge in [0.2, 0.25) is 0 Å². The molecule has 15 heavy (non-hydrogen) atoms. The summed E-state index contributed by atoms with van der Waals surface area (Å²) in [7, 11) is 0. The van der Waals surface area contributed by atoms with Crippen molar-refractivity contribution in [1.82, 2.24) is 0 Å². The molecule has 0 bridgehead atoms. The van der Waals surface area contributed by atoms with Gasteiger partial charge in [-0.15, -0.1) is 0 Å². The molecule has 1 aliphatic carbocycles. The van der Waals surface area contributed by atoms with Crippen LogP contribution in [0.25, 0.3) is 10.4 Å². The summed E-state index contributed by atoms with van der Waals surface area (Å²) in [6.07, 6.45) is 6.44. The molecule has 0 radical (unpaired) electrons. The molecule has 1 atom stereocenters. The zero-order chi connectivity index (χ0) is 10.7. The number of hydrogen-bond donors (Lipinski definition) is 0. The van der Waals surface area contributed by atoms with E-state index in [4.69, 9.17) is 10.3 Å². The molecule has 2 rings (SSSR count). The lowest BCUT2D eigenvalue weighted by atomic mass is 9.67. The minimum atomic E-state index is 0.181. The van der Waals surface area contributed by atoms with Crippen LogP contribution >= 0.6 is 0 Å².